The van der Waals surface area contributed by atoms with Crippen LogP contribution in [0.4, 0.5) is 11.4 Å². The van der Waals surface area contributed by atoms with Crippen molar-refractivity contribution in [2.24, 2.45) is 11.8 Å². The zero-order valence-electron chi connectivity index (χ0n) is 15.9. The van der Waals surface area contributed by atoms with Crippen LogP contribution in [0.1, 0.15) is 34.3 Å². The Morgan fingerprint density at radius 1 is 0.929 bits per heavy atom. The highest BCUT2D eigenvalue weighted by atomic mass is 16.2. The van der Waals surface area contributed by atoms with E-state index in [1.54, 1.807) is 24.3 Å². The van der Waals surface area contributed by atoms with E-state index in [9.17, 15) is 14.4 Å². The maximum absolute atomic E-state index is 12.7. The normalized spacial score (nSPS) is 21.0. The van der Waals surface area contributed by atoms with Crippen LogP contribution < -0.4 is 10.2 Å². The number of fused-ring (bicyclic) bond motifs is 1. The van der Waals surface area contributed by atoms with E-state index in [2.05, 4.69) is 5.32 Å². The fourth-order valence-electron chi connectivity index (χ4n) is 3.90. The van der Waals surface area contributed by atoms with Crippen molar-refractivity contribution < 1.29 is 14.4 Å². The third-order valence-electron chi connectivity index (χ3n) is 5.75. The summed E-state index contributed by atoms with van der Waals surface area (Å²) in [4.78, 5) is 39.2. The maximum atomic E-state index is 12.7. The summed E-state index contributed by atoms with van der Waals surface area (Å²) in [5, 5.41) is 2.92. The number of nitrogens with zero attached hydrogens (tertiary/aromatic N) is 1. The minimum atomic E-state index is -0.259. The zero-order chi connectivity index (χ0) is 19.8. The number of carbonyl (C=O) groups is 3. The van der Waals surface area contributed by atoms with Gasteiger partial charge in [0, 0.05) is 11.3 Å². The molecule has 0 spiro atoms. The summed E-state index contributed by atoms with van der Waals surface area (Å²) in [7, 11) is 0. The van der Waals surface area contributed by atoms with E-state index in [1.165, 1.54) is 4.90 Å². The highest BCUT2D eigenvalue weighted by Gasteiger charge is 2.47. The van der Waals surface area contributed by atoms with E-state index in [0.29, 0.717) is 24.1 Å². The quantitative estimate of drug-likeness (QED) is 0.652. The van der Waals surface area contributed by atoms with Gasteiger partial charge in [0.25, 0.3) is 5.91 Å². The van der Waals surface area contributed by atoms with E-state index in [0.717, 1.165) is 16.8 Å². The summed E-state index contributed by atoms with van der Waals surface area (Å²) in [5.41, 5.74) is 3.90. The highest BCUT2D eigenvalue weighted by molar-refractivity contribution is 6.22. The Bertz CT molecular complexity index is 965. The van der Waals surface area contributed by atoms with Gasteiger partial charge >= 0.3 is 0 Å². The standard InChI is InChI=1S/C23H22N2O3/c1-14-6-5-9-20(15(14)2)24-21(26)16-10-12-17(13-11-16)25-22(27)18-7-3-4-8-19(18)23(25)28/h3-6,9-13,18-19H,7-8H2,1-2H3,(H,24,26)/t18-,19-/m0/s1. The lowest BCUT2D eigenvalue weighted by Gasteiger charge is -2.15. The van der Waals surface area contributed by atoms with Gasteiger partial charge in [-0.3, -0.25) is 19.3 Å². The molecule has 1 aliphatic carbocycles. The number of aryl methyl sites for hydroxylation is 1. The van der Waals surface area contributed by atoms with E-state index >= 15 is 0 Å². The van der Waals surface area contributed by atoms with E-state index in [4.69, 9.17) is 0 Å². The van der Waals surface area contributed by atoms with E-state index < -0.39 is 0 Å². The Morgan fingerprint density at radius 3 is 2.14 bits per heavy atom. The number of amides is 3. The van der Waals surface area contributed by atoms with Gasteiger partial charge < -0.3 is 5.32 Å². The molecular weight excluding hydrogens is 352 g/mol. The molecule has 1 aliphatic heterocycles. The van der Waals surface area contributed by atoms with Gasteiger partial charge in [-0.15, -0.1) is 0 Å². The minimum Gasteiger partial charge on any atom is -0.322 e. The molecule has 28 heavy (non-hydrogen) atoms. The monoisotopic (exact) mass is 374 g/mol. The molecule has 2 aromatic rings. The van der Waals surface area contributed by atoms with Crippen LogP contribution in [0, 0.1) is 25.7 Å². The first-order valence-electron chi connectivity index (χ1n) is 9.48. The van der Waals surface area contributed by atoms with Crippen LogP contribution in [0.3, 0.4) is 0 Å². The van der Waals surface area contributed by atoms with E-state index in [1.807, 2.05) is 44.2 Å². The van der Waals surface area contributed by atoms with Crippen molar-refractivity contribution in [1.29, 1.82) is 0 Å². The second kappa shape index (κ2) is 7.08. The summed E-state index contributed by atoms with van der Waals surface area (Å²) in [6.45, 7) is 3.96. The molecule has 1 N–H and O–H groups in total. The number of hydrogen-bond acceptors (Lipinski definition) is 3. The smallest absolute Gasteiger partial charge is 0.255 e. The van der Waals surface area contributed by atoms with E-state index in [-0.39, 0.29) is 29.6 Å². The second-order valence-corrected chi connectivity index (χ2v) is 7.42. The van der Waals surface area contributed by atoms with Crippen molar-refractivity contribution in [2.45, 2.75) is 26.7 Å². The molecule has 1 heterocycles. The number of imide groups is 1. The molecule has 0 saturated carbocycles. The number of anilines is 2. The van der Waals surface area contributed by atoms with Crippen LogP contribution in [0.25, 0.3) is 0 Å². The summed E-state index contributed by atoms with van der Waals surface area (Å²) >= 11 is 0. The van der Waals surface area contributed by atoms with Gasteiger partial charge in [-0.1, -0.05) is 24.3 Å². The molecule has 0 bridgehead atoms. The predicted molar refractivity (Wildman–Crippen MR) is 108 cm³/mol. The molecule has 0 aromatic heterocycles. The Labute approximate surface area is 164 Å². The largest absolute Gasteiger partial charge is 0.322 e. The molecule has 3 amide bonds. The van der Waals surface area contributed by atoms with Crippen molar-refractivity contribution in [2.75, 3.05) is 10.2 Å². The van der Waals surface area contributed by atoms with Crippen LogP contribution in [0.5, 0.6) is 0 Å². The van der Waals surface area contributed by atoms with Crippen molar-refractivity contribution >= 4 is 29.1 Å². The second-order valence-electron chi connectivity index (χ2n) is 7.42. The average molecular weight is 374 g/mol. The third-order valence-corrected chi connectivity index (χ3v) is 5.75. The van der Waals surface area contributed by atoms with Gasteiger partial charge in [-0.05, 0) is 68.1 Å². The summed E-state index contributed by atoms with van der Waals surface area (Å²) in [5.74, 6) is -1.04. The van der Waals surface area contributed by atoms with Gasteiger partial charge in [0.15, 0.2) is 0 Å². The molecule has 0 radical (unpaired) electrons. The average Bonchev–Trinajstić information content (AvgIpc) is 2.96. The van der Waals surface area contributed by atoms with Crippen LogP contribution in [0.2, 0.25) is 0 Å². The molecular formula is C23H22N2O3. The molecule has 4 rings (SSSR count). The Hall–Kier alpha value is -3.21. The van der Waals surface area contributed by atoms with Crippen LogP contribution in [0.15, 0.2) is 54.6 Å². The zero-order valence-corrected chi connectivity index (χ0v) is 15.9. The van der Waals surface area contributed by atoms with Gasteiger partial charge in [0.05, 0.1) is 17.5 Å². The number of allylic oxidation sites excluding steroid dienone is 2. The SMILES string of the molecule is Cc1cccc(NC(=O)c2ccc(N3C(=O)[C@H]4CC=CC[C@@H]4C3=O)cc2)c1C. The van der Waals surface area contributed by atoms with Crippen molar-refractivity contribution in [3.05, 3.63) is 71.3 Å². The Balaban J connectivity index is 1.53. The lowest BCUT2D eigenvalue weighted by molar-refractivity contribution is -0.122. The van der Waals surface area contributed by atoms with Gasteiger partial charge in [0.1, 0.15) is 0 Å². The van der Waals surface area contributed by atoms with Crippen LogP contribution >= 0.6 is 0 Å². The number of nitrogens with one attached hydrogen (secondary N) is 1. The molecule has 0 unspecified atom stereocenters. The topological polar surface area (TPSA) is 66.5 Å². The lowest BCUT2D eigenvalue weighted by atomic mass is 9.85. The molecule has 1 fully saturated rings. The summed E-state index contributed by atoms with van der Waals surface area (Å²) in [6.07, 6.45) is 5.16. The molecule has 2 aromatic carbocycles. The first-order chi connectivity index (χ1) is 13.5. The fourth-order valence-corrected chi connectivity index (χ4v) is 3.90. The molecule has 1 saturated heterocycles. The molecule has 2 aliphatic rings. The van der Waals surface area contributed by atoms with Gasteiger partial charge in [0.2, 0.25) is 11.8 Å². The molecule has 5 nitrogen and oxygen atoms in total. The van der Waals surface area contributed by atoms with Crippen molar-refractivity contribution in [3.8, 4) is 0 Å². The minimum absolute atomic E-state index is 0.146. The fraction of sp³-hybridized carbons (Fsp3) is 0.261. The third kappa shape index (κ3) is 3.03. The Morgan fingerprint density at radius 2 is 1.54 bits per heavy atom. The van der Waals surface area contributed by atoms with Crippen LogP contribution in [-0.4, -0.2) is 17.7 Å². The Kier molecular flexibility index (Phi) is 4.59. The summed E-state index contributed by atoms with van der Waals surface area (Å²) in [6, 6.07) is 12.4. The number of rotatable bonds is 3. The van der Waals surface area contributed by atoms with Crippen molar-refractivity contribution in [3.63, 3.8) is 0 Å². The summed E-state index contributed by atoms with van der Waals surface area (Å²) < 4.78 is 0. The number of hydrogen-bond donors (Lipinski definition) is 1. The number of benzene rings is 2. The molecule has 142 valence electrons. The first-order valence-corrected chi connectivity index (χ1v) is 9.48. The highest BCUT2D eigenvalue weighted by Crippen LogP contribution is 2.37. The lowest BCUT2D eigenvalue weighted by Crippen LogP contribution is -2.30. The molecule has 5 heteroatoms. The van der Waals surface area contributed by atoms with Crippen molar-refractivity contribution in [1.82, 2.24) is 0 Å². The van der Waals surface area contributed by atoms with Gasteiger partial charge in [-0.2, -0.15) is 0 Å². The molecule has 2 atom stereocenters. The van der Waals surface area contributed by atoms with Crippen LogP contribution in [-0.2, 0) is 9.59 Å². The van der Waals surface area contributed by atoms with Gasteiger partial charge in [-0.25, -0.2) is 0 Å². The number of carbonyl (C=O) groups excluding carboxylic acids is 3. The predicted octanol–water partition coefficient (Wildman–Crippen LogP) is 4.01. The maximum Gasteiger partial charge on any atom is 0.255 e. The first kappa shape index (κ1) is 18.2.